The molecule has 0 aromatic carbocycles. The average molecular weight is 255 g/mol. The van der Waals surface area contributed by atoms with Crippen molar-refractivity contribution in [2.24, 2.45) is 0 Å². The number of hydrogen-bond acceptors (Lipinski definition) is 5. The number of rotatable bonds is 3. The number of aromatic nitrogens is 4. The van der Waals surface area contributed by atoms with E-state index in [1.54, 1.807) is 0 Å². The molecule has 0 aliphatic rings. The molecule has 2 rings (SSSR count). The number of carboxylic acids is 1. The van der Waals surface area contributed by atoms with Gasteiger partial charge in [-0.2, -0.15) is 10.1 Å². The highest BCUT2D eigenvalue weighted by molar-refractivity contribution is 6.32. The van der Waals surface area contributed by atoms with Crippen LogP contribution < -0.4 is 4.74 Å². The standard InChI is InChI=1S/C9H7ClN4O3/c1-17-9-11-3-6(10)7(13-9)14-4-5(2-12-14)8(15)16/h2-4H,1H3,(H,15,16). The molecular weight excluding hydrogens is 248 g/mol. The third-order valence-corrected chi connectivity index (χ3v) is 2.20. The zero-order valence-electron chi connectivity index (χ0n) is 8.66. The minimum absolute atomic E-state index is 0.0404. The van der Waals surface area contributed by atoms with E-state index in [0.717, 1.165) is 0 Å². The lowest BCUT2D eigenvalue weighted by Crippen LogP contribution is -2.02. The number of carboxylic acid groups (broad SMARTS) is 1. The van der Waals surface area contributed by atoms with Crippen molar-refractivity contribution in [2.45, 2.75) is 0 Å². The Morgan fingerprint density at radius 3 is 2.88 bits per heavy atom. The Hall–Kier alpha value is -2.15. The third-order valence-electron chi connectivity index (χ3n) is 1.93. The van der Waals surface area contributed by atoms with Crippen molar-refractivity contribution < 1.29 is 14.6 Å². The Morgan fingerprint density at radius 1 is 1.53 bits per heavy atom. The van der Waals surface area contributed by atoms with Gasteiger partial charge in [0.25, 0.3) is 0 Å². The van der Waals surface area contributed by atoms with Crippen molar-refractivity contribution in [3.63, 3.8) is 0 Å². The minimum atomic E-state index is -1.08. The quantitative estimate of drug-likeness (QED) is 0.880. The van der Waals surface area contributed by atoms with E-state index in [4.69, 9.17) is 21.4 Å². The largest absolute Gasteiger partial charge is 0.478 e. The Kier molecular flexibility index (Phi) is 2.92. The van der Waals surface area contributed by atoms with Crippen LogP contribution in [0.4, 0.5) is 0 Å². The van der Waals surface area contributed by atoms with E-state index in [1.165, 1.54) is 30.4 Å². The van der Waals surface area contributed by atoms with Crippen LogP contribution in [0, 0.1) is 0 Å². The maximum absolute atomic E-state index is 10.7. The molecule has 0 fully saturated rings. The molecule has 0 atom stereocenters. The van der Waals surface area contributed by atoms with Crippen molar-refractivity contribution in [3.8, 4) is 11.8 Å². The van der Waals surface area contributed by atoms with Gasteiger partial charge in [0.1, 0.15) is 5.02 Å². The number of methoxy groups -OCH3 is 1. The number of hydrogen-bond donors (Lipinski definition) is 1. The Labute approximate surface area is 101 Å². The predicted octanol–water partition coefficient (Wildman–Crippen LogP) is 1.02. The second kappa shape index (κ2) is 4.38. The molecule has 7 nitrogen and oxygen atoms in total. The molecule has 0 bridgehead atoms. The molecule has 0 spiro atoms. The van der Waals surface area contributed by atoms with Gasteiger partial charge in [-0.05, 0) is 0 Å². The summed E-state index contributed by atoms with van der Waals surface area (Å²) in [4.78, 5) is 18.5. The molecule has 2 aromatic heterocycles. The summed E-state index contributed by atoms with van der Waals surface area (Å²) in [5, 5.41) is 12.9. The normalized spacial score (nSPS) is 10.2. The Morgan fingerprint density at radius 2 is 2.29 bits per heavy atom. The smallest absolute Gasteiger partial charge is 0.338 e. The predicted molar refractivity (Wildman–Crippen MR) is 57.7 cm³/mol. The molecule has 0 saturated carbocycles. The van der Waals surface area contributed by atoms with Gasteiger partial charge in [0.2, 0.25) is 0 Å². The van der Waals surface area contributed by atoms with Gasteiger partial charge in [0.15, 0.2) is 5.82 Å². The molecule has 2 aromatic rings. The minimum Gasteiger partial charge on any atom is -0.478 e. The van der Waals surface area contributed by atoms with Crippen LogP contribution >= 0.6 is 11.6 Å². The van der Waals surface area contributed by atoms with Crippen molar-refractivity contribution in [3.05, 3.63) is 29.2 Å². The maximum Gasteiger partial charge on any atom is 0.338 e. The SMILES string of the molecule is COc1ncc(Cl)c(-n2cc(C(=O)O)cn2)n1. The molecular formula is C9H7ClN4O3. The average Bonchev–Trinajstić information content (AvgIpc) is 2.79. The first-order valence-electron chi connectivity index (χ1n) is 4.46. The highest BCUT2D eigenvalue weighted by Gasteiger charge is 2.12. The molecule has 0 saturated heterocycles. The second-order valence-corrected chi connectivity index (χ2v) is 3.41. The molecule has 17 heavy (non-hydrogen) atoms. The molecule has 0 unspecified atom stereocenters. The molecule has 88 valence electrons. The number of ether oxygens (including phenoxy) is 1. The van der Waals surface area contributed by atoms with Crippen molar-refractivity contribution in [2.75, 3.05) is 7.11 Å². The van der Waals surface area contributed by atoms with Crippen molar-refractivity contribution >= 4 is 17.6 Å². The van der Waals surface area contributed by atoms with Gasteiger partial charge in [-0.1, -0.05) is 11.6 Å². The first-order chi connectivity index (χ1) is 8.11. The molecule has 0 radical (unpaired) electrons. The van der Waals surface area contributed by atoms with E-state index in [9.17, 15) is 4.79 Å². The zero-order chi connectivity index (χ0) is 12.4. The van der Waals surface area contributed by atoms with Crippen LogP contribution in [0.2, 0.25) is 5.02 Å². The first-order valence-corrected chi connectivity index (χ1v) is 4.84. The lowest BCUT2D eigenvalue weighted by molar-refractivity contribution is 0.0697. The zero-order valence-corrected chi connectivity index (χ0v) is 9.42. The number of aromatic carboxylic acids is 1. The summed E-state index contributed by atoms with van der Waals surface area (Å²) in [6, 6.07) is 0.122. The van der Waals surface area contributed by atoms with E-state index in [-0.39, 0.29) is 22.4 Å². The number of halogens is 1. The van der Waals surface area contributed by atoms with Crippen molar-refractivity contribution in [1.29, 1.82) is 0 Å². The van der Waals surface area contributed by atoms with E-state index in [0.29, 0.717) is 0 Å². The third kappa shape index (κ3) is 2.18. The highest BCUT2D eigenvalue weighted by atomic mass is 35.5. The van der Waals surface area contributed by atoms with Gasteiger partial charge in [-0.3, -0.25) is 0 Å². The second-order valence-electron chi connectivity index (χ2n) is 3.01. The summed E-state index contributed by atoms with van der Waals surface area (Å²) >= 11 is 5.89. The summed E-state index contributed by atoms with van der Waals surface area (Å²) < 4.78 is 6.09. The van der Waals surface area contributed by atoms with Gasteiger partial charge >= 0.3 is 12.0 Å². The molecule has 0 aliphatic heterocycles. The number of nitrogens with zero attached hydrogens (tertiary/aromatic N) is 4. The molecule has 2 heterocycles. The van der Waals surface area contributed by atoms with Gasteiger partial charge in [-0.25, -0.2) is 14.5 Å². The van der Waals surface area contributed by atoms with Gasteiger partial charge in [-0.15, -0.1) is 0 Å². The fraction of sp³-hybridized carbons (Fsp3) is 0.111. The fourth-order valence-corrected chi connectivity index (χ4v) is 1.33. The van der Waals surface area contributed by atoms with Crippen LogP contribution in [-0.4, -0.2) is 37.9 Å². The monoisotopic (exact) mass is 254 g/mol. The molecule has 0 amide bonds. The molecule has 0 aliphatic carbocycles. The summed E-state index contributed by atoms with van der Waals surface area (Å²) in [5.41, 5.74) is 0.0404. The van der Waals surface area contributed by atoms with Crippen LogP contribution in [0.5, 0.6) is 6.01 Å². The Balaban J connectivity index is 2.47. The van der Waals surface area contributed by atoms with Crippen LogP contribution in [0.25, 0.3) is 5.82 Å². The summed E-state index contributed by atoms with van der Waals surface area (Å²) in [5.74, 6) is -0.820. The van der Waals surface area contributed by atoms with E-state index >= 15 is 0 Å². The van der Waals surface area contributed by atoms with Crippen molar-refractivity contribution in [1.82, 2.24) is 19.7 Å². The van der Waals surface area contributed by atoms with E-state index in [1.807, 2.05) is 0 Å². The van der Waals surface area contributed by atoms with Crippen LogP contribution in [0.1, 0.15) is 10.4 Å². The lowest BCUT2D eigenvalue weighted by atomic mass is 10.4. The first kappa shape index (κ1) is 11.3. The topological polar surface area (TPSA) is 90.1 Å². The highest BCUT2D eigenvalue weighted by Crippen LogP contribution is 2.19. The Bertz CT molecular complexity index is 569. The van der Waals surface area contributed by atoms with Gasteiger partial charge in [0.05, 0.1) is 25.1 Å². The summed E-state index contributed by atoms with van der Waals surface area (Å²) in [6.07, 6.45) is 3.86. The van der Waals surface area contributed by atoms with Crippen LogP contribution in [-0.2, 0) is 0 Å². The molecule has 8 heteroatoms. The van der Waals surface area contributed by atoms with Crippen LogP contribution in [0.15, 0.2) is 18.6 Å². The molecule has 1 N–H and O–H groups in total. The van der Waals surface area contributed by atoms with Crippen LogP contribution in [0.3, 0.4) is 0 Å². The van der Waals surface area contributed by atoms with Gasteiger partial charge < -0.3 is 9.84 Å². The lowest BCUT2D eigenvalue weighted by Gasteiger charge is -2.04. The van der Waals surface area contributed by atoms with E-state index < -0.39 is 5.97 Å². The summed E-state index contributed by atoms with van der Waals surface area (Å²) in [6.45, 7) is 0. The van der Waals surface area contributed by atoms with Gasteiger partial charge in [0, 0.05) is 6.20 Å². The fourth-order valence-electron chi connectivity index (χ4n) is 1.15. The maximum atomic E-state index is 10.7. The number of carbonyl (C=O) groups is 1. The summed E-state index contributed by atoms with van der Waals surface area (Å²) in [7, 11) is 1.42. The van der Waals surface area contributed by atoms with E-state index in [2.05, 4.69) is 15.1 Å².